The van der Waals surface area contributed by atoms with Gasteiger partial charge in [-0.1, -0.05) is 30.7 Å². The second-order valence-electron chi connectivity index (χ2n) is 12.7. The van der Waals surface area contributed by atoms with E-state index < -0.39 is 70.6 Å². The SMILES string of the molecule is CC1=CC(=O)OC[C@]23CC[C@](C)(O)[C@H]4CC5(O)C(O[C@H]42)C(O)C(OC(=O)C=CC=C[C@@H]2O[C@H](C1)O[C@H]2C)C53C. The zero-order chi connectivity index (χ0) is 28.0. The van der Waals surface area contributed by atoms with E-state index in [1.165, 1.54) is 12.2 Å². The minimum atomic E-state index is -1.62. The first-order valence-corrected chi connectivity index (χ1v) is 13.8. The Kier molecular flexibility index (Phi) is 6.23. The number of esters is 2. The molecule has 3 saturated carbocycles. The van der Waals surface area contributed by atoms with Gasteiger partial charge < -0.3 is 39.0 Å². The van der Waals surface area contributed by atoms with Crippen LogP contribution in [0.1, 0.15) is 53.4 Å². The molecule has 0 aromatic heterocycles. The van der Waals surface area contributed by atoms with E-state index in [0.717, 1.165) is 5.57 Å². The fourth-order valence-electron chi connectivity index (χ4n) is 8.34. The van der Waals surface area contributed by atoms with E-state index in [0.29, 0.717) is 19.3 Å². The summed E-state index contributed by atoms with van der Waals surface area (Å²) >= 11 is 0. The van der Waals surface area contributed by atoms with Crippen molar-refractivity contribution >= 4 is 11.9 Å². The number of cyclic esters (lactones) is 1. The van der Waals surface area contributed by atoms with Crippen molar-refractivity contribution in [3.8, 4) is 0 Å². The van der Waals surface area contributed by atoms with Gasteiger partial charge in [0, 0.05) is 29.9 Å². The molecular weight excluding hydrogens is 508 g/mol. The van der Waals surface area contributed by atoms with Crippen LogP contribution in [-0.2, 0) is 33.3 Å². The fourth-order valence-corrected chi connectivity index (χ4v) is 8.34. The Labute approximate surface area is 227 Å². The zero-order valence-corrected chi connectivity index (χ0v) is 22.7. The van der Waals surface area contributed by atoms with Crippen LogP contribution < -0.4 is 0 Å². The molecule has 7 aliphatic rings. The number of carbonyl (C=O) groups excluding carboxylic acids is 2. The van der Waals surface area contributed by atoms with Gasteiger partial charge in [-0.2, -0.15) is 0 Å². The van der Waals surface area contributed by atoms with Crippen molar-refractivity contribution in [2.45, 2.75) is 107 Å². The molecule has 3 aliphatic carbocycles. The first-order chi connectivity index (χ1) is 18.3. The summed E-state index contributed by atoms with van der Waals surface area (Å²) in [5, 5.41) is 34.8. The highest BCUT2D eigenvalue weighted by molar-refractivity contribution is 5.83. The van der Waals surface area contributed by atoms with Gasteiger partial charge in [-0.15, -0.1) is 0 Å². The summed E-state index contributed by atoms with van der Waals surface area (Å²) in [5.74, 6) is -1.70. The number of aliphatic hydroxyl groups is 3. The van der Waals surface area contributed by atoms with Crippen molar-refractivity contribution in [3.63, 3.8) is 0 Å². The highest BCUT2D eigenvalue weighted by atomic mass is 16.7. The predicted octanol–water partition coefficient (Wildman–Crippen LogP) is 1.46. The maximum atomic E-state index is 13.0. The molecule has 7 rings (SSSR count). The summed E-state index contributed by atoms with van der Waals surface area (Å²) < 4.78 is 29.9. The fraction of sp³-hybridized carbons (Fsp3) is 0.724. The first-order valence-electron chi connectivity index (χ1n) is 13.8. The Morgan fingerprint density at radius 3 is 2.51 bits per heavy atom. The largest absolute Gasteiger partial charge is 0.462 e. The molecule has 0 amide bonds. The van der Waals surface area contributed by atoms with Gasteiger partial charge in [-0.25, -0.2) is 9.59 Å². The third-order valence-corrected chi connectivity index (χ3v) is 10.6. The molecule has 39 heavy (non-hydrogen) atoms. The van der Waals surface area contributed by atoms with Crippen LogP contribution in [0, 0.1) is 16.7 Å². The normalized spacial score (nSPS) is 53.1. The molecule has 6 fully saturated rings. The minimum absolute atomic E-state index is 0.132. The van der Waals surface area contributed by atoms with Crippen LogP contribution in [0.25, 0.3) is 0 Å². The lowest BCUT2D eigenvalue weighted by molar-refractivity contribution is -0.378. The number of ether oxygens (including phenoxy) is 5. The van der Waals surface area contributed by atoms with Crippen LogP contribution in [0.3, 0.4) is 0 Å². The number of allylic oxidation sites excluding steroid dienone is 2. The smallest absolute Gasteiger partial charge is 0.331 e. The number of hydrogen-bond acceptors (Lipinski definition) is 10. The zero-order valence-electron chi connectivity index (χ0n) is 22.7. The van der Waals surface area contributed by atoms with Crippen molar-refractivity contribution in [3.05, 3.63) is 36.0 Å². The third kappa shape index (κ3) is 3.75. The molecule has 0 aromatic rings. The van der Waals surface area contributed by atoms with Crippen molar-refractivity contribution in [1.29, 1.82) is 0 Å². The monoisotopic (exact) mass is 546 g/mol. The molecule has 0 radical (unpaired) electrons. The van der Waals surface area contributed by atoms with Crippen LogP contribution in [0.5, 0.6) is 0 Å². The van der Waals surface area contributed by atoms with Crippen LogP contribution in [0.4, 0.5) is 0 Å². The van der Waals surface area contributed by atoms with Gasteiger partial charge >= 0.3 is 11.9 Å². The Bertz CT molecular complexity index is 1140. The second-order valence-corrected chi connectivity index (χ2v) is 12.7. The second kappa shape index (κ2) is 8.96. The van der Waals surface area contributed by atoms with Gasteiger partial charge in [0.05, 0.1) is 23.2 Å². The van der Waals surface area contributed by atoms with Gasteiger partial charge in [0.25, 0.3) is 0 Å². The highest BCUT2D eigenvalue weighted by Gasteiger charge is 2.86. The summed E-state index contributed by atoms with van der Waals surface area (Å²) in [4.78, 5) is 26.0. The number of rotatable bonds is 0. The number of carbonyl (C=O) groups is 2. The Morgan fingerprint density at radius 2 is 1.74 bits per heavy atom. The highest BCUT2D eigenvalue weighted by Crippen LogP contribution is 2.74. The molecule has 3 saturated heterocycles. The molecule has 10 nitrogen and oxygen atoms in total. The number of aliphatic hydroxyl groups excluding tert-OH is 1. The van der Waals surface area contributed by atoms with Crippen LogP contribution in [0.15, 0.2) is 36.0 Å². The Balaban J connectivity index is 1.41. The van der Waals surface area contributed by atoms with Crippen LogP contribution in [0.2, 0.25) is 0 Å². The molecule has 214 valence electrons. The van der Waals surface area contributed by atoms with Gasteiger partial charge in [0.15, 0.2) is 6.29 Å². The minimum Gasteiger partial charge on any atom is -0.462 e. The van der Waals surface area contributed by atoms with E-state index in [4.69, 9.17) is 23.7 Å². The van der Waals surface area contributed by atoms with E-state index in [-0.39, 0.29) is 25.2 Å². The molecule has 5 unspecified atom stereocenters. The van der Waals surface area contributed by atoms with Crippen LogP contribution >= 0.6 is 0 Å². The molecule has 3 N–H and O–H groups in total. The molecule has 8 bridgehead atoms. The van der Waals surface area contributed by atoms with E-state index in [1.54, 1.807) is 39.0 Å². The van der Waals surface area contributed by atoms with E-state index >= 15 is 0 Å². The standard InChI is InChI=1S/C29H38O10/c1-15-11-20(31)35-14-28-10-9-26(3,33)17-13-29(34)25(39-23(17)28)22(32)24(27(28,29)4)38-19(30)8-6-5-7-18-16(2)36-21(12-15)37-18/h5-8,11,16-18,21-25,32-34H,9-10,12-14H2,1-4H3/t16-,17-,18-,21+,22?,23+,24?,25?,26-,27?,28+,29?/m0/s1. The van der Waals surface area contributed by atoms with Gasteiger partial charge in [-0.3, -0.25) is 0 Å². The number of hydrogen-bond donors (Lipinski definition) is 3. The molecule has 4 heterocycles. The Hall–Kier alpha value is -2.08. The maximum Gasteiger partial charge on any atom is 0.331 e. The van der Waals surface area contributed by atoms with E-state index in [2.05, 4.69) is 0 Å². The first kappa shape index (κ1) is 27.1. The van der Waals surface area contributed by atoms with Gasteiger partial charge in [-0.05, 0) is 40.0 Å². The Morgan fingerprint density at radius 1 is 0.974 bits per heavy atom. The third-order valence-electron chi connectivity index (χ3n) is 10.6. The topological polar surface area (TPSA) is 141 Å². The molecular formula is C29H38O10. The van der Waals surface area contributed by atoms with E-state index in [1.807, 2.05) is 6.92 Å². The van der Waals surface area contributed by atoms with Crippen molar-refractivity contribution in [1.82, 2.24) is 0 Å². The van der Waals surface area contributed by atoms with Crippen molar-refractivity contribution < 1.29 is 48.6 Å². The quantitative estimate of drug-likeness (QED) is 0.383. The molecule has 0 aromatic carbocycles. The summed E-state index contributed by atoms with van der Waals surface area (Å²) in [6, 6.07) is 0. The summed E-state index contributed by atoms with van der Waals surface area (Å²) in [5.41, 5.74) is -4.23. The molecule has 1 spiro atoms. The average Bonchev–Trinajstić information content (AvgIpc) is 3.25. The van der Waals surface area contributed by atoms with Gasteiger partial charge in [0.1, 0.15) is 36.6 Å². The number of fused-ring (bicyclic) bond motifs is 2. The van der Waals surface area contributed by atoms with Crippen LogP contribution in [-0.4, -0.2) is 88.0 Å². The summed E-state index contributed by atoms with van der Waals surface area (Å²) in [6.45, 7) is 7.08. The average molecular weight is 547 g/mol. The maximum absolute atomic E-state index is 13.0. The van der Waals surface area contributed by atoms with Gasteiger partial charge in [0.2, 0.25) is 0 Å². The molecule has 4 aliphatic heterocycles. The lowest BCUT2D eigenvalue weighted by Gasteiger charge is -2.71. The lowest BCUT2D eigenvalue weighted by Crippen LogP contribution is -2.80. The molecule has 10 heteroatoms. The van der Waals surface area contributed by atoms with Crippen molar-refractivity contribution in [2.75, 3.05) is 6.61 Å². The lowest BCUT2D eigenvalue weighted by atomic mass is 9.40. The van der Waals surface area contributed by atoms with E-state index in [9.17, 15) is 24.9 Å². The summed E-state index contributed by atoms with van der Waals surface area (Å²) in [6.07, 6.45) is 3.79. The predicted molar refractivity (Wildman–Crippen MR) is 135 cm³/mol. The summed E-state index contributed by atoms with van der Waals surface area (Å²) in [7, 11) is 0. The molecule has 12 atom stereocenters. The van der Waals surface area contributed by atoms with Crippen molar-refractivity contribution in [2.24, 2.45) is 16.7 Å².